The minimum Gasteiger partial charge on any atom is -0.481 e. The third-order valence-corrected chi connectivity index (χ3v) is 2.56. The van der Waals surface area contributed by atoms with Gasteiger partial charge in [0.15, 0.2) is 5.78 Å². The molecular formula is C13H15NO4. The van der Waals surface area contributed by atoms with Gasteiger partial charge in [0.25, 0.3) is 0 Å². The van der Waals surface area contributed by atoms with Crippen LogP contribution in [0.1, 0.15) is 30.6 Å². The predicted octanol–water partition coefficient (Wildman–Crippen LogP) is 1.94. The van der Waals surface area contributed by atoms with E-state index in [0.717, 1.165) is 0 Å². The number of Topliss-reactive ketones (excluding diaryl/α,β-unsaturated/α-hetero) is 1. The molecule has 1 aromatic rings. The monoisotopic (exact) mass is 249 g/mol. The van der Waals surface area contributed by atoms with E-state index in [0.29, 0.717) is 11.3 Å². The van der Waals surface area contributed by atoms with Crippen LogP contribution >= 0.6 is 0 Å². The van der Waals surface area contributed by atoms with Gasteiger partial charge in [-0.1, -0.05) is 19.1 Å². The summed E-state index contributed by atoms with van der Waals surface area (Å²) in [7, 11) is 0. The lowest BCUT2D eigenvalue weighted by molar-refractivity contribution is -0.145. The van der Waals surface area contributed by atoms with Crippen molar-refractivity contribution in [3.8, 4) is 0 Å². The van der Waals surface area contributed by atoms with Crippen molar-refractivity contribution < 1.29 is 19.5 Å². The van der Waals surface area contributed by atoms with E-state index >= 15 is 0 Å². The number of anilines is 1. The van der Waals surface area contributed by atoms with Crippen molar-refractivity contribution in [2.45, 2.75) is 20.3 Å². The van der Waals surface area contributed by atoms with Gasteiger partial charge in [0.1, 0.15) is 5.92 Å². The lowest BCUT2D eigenvalue weighted by atomic mass is 10.1. The molecule has 0 aliphatic carbocycles. The number of amides is 1. The lowest BCUT2D eigenvalue weighted by Crippen LogP contribution is -2.28. The Labute approximate surface area is 105 Å². The standard InChI is InChI=1S/C13H15NO4/c1-3-11(13(17)18)12(16)14-10-6-4-5-9(7-10)8(2)15/h4-7,11H,3H2,1-2H3,(H,14,16)(H,17,18). The minimum absolute atomic E-state index is 0.114. The van der Waals surface area contributed by atoms with E-state index in [1.54, 1.807) is 25.1 Å². The van der Waals surface area contributed by atoms with Crippen molar-refractivity contribution in [1.29, 1.82) is 0 Å². The summed E-state index contributed by atoms with van der Waals surface area (Å²) < 4.78 is 0. The first-order chi connectivity index (χ1) is 8.45. The van der Waals surface area contributed by atoms with Crippen molar-refractivity contribution in [2.75, 3.05) is 5.32 Å². The maximum absolute atomic E-state index is 11.7. The van der Waals surface area contributed by atoms with Crippen LogP contribution in [0.15, 0.2) is 24.3 Å². The Balaban J connectivity index is 2.84. The zero-order valence-corrected chi connectivity index (χ0v) is 10.3. The van der Waals surface area contributed by atoms with Gasteiger partial charge in [-0.15, -0.1) is 0 Å². The smallest absolute Gasteiger partial charge is 0.316 e. The molecule has 0 bridgehead atoms. The molecule has 0 heterocycles. The third kappa shape index (κ3) is 3.41. The first-order valence-electron chi connectivity index (χ1n) is 5.60. The number of benzene rings is 1. The third-order valence-electron chi connectivity index (χ3n) is 2.56. The molecule has 18 heavy (non-hydrogen) atoms. The average molecular weight is 249 g/mol. The van der Waals surface area contributed by atoms with E-state index in [1.807, 2.05) is 0 Å². The summed E-state index contributed by atoms with van der Waals surface area (Å²) in [6, 6.07) is 6.40. The molecular weight excluding hydrogens is 234 g/mol. The highest BCUT2D eigenvalue weighted by Crippen LogP contribution is 2.13. The second-order valence-corrected chi connectivity index (χ2v) is 3.93. The van der Waals surface area contributed by atoms with Crippen LogP contribution in [0, 0.1) is 5.92 Å². The zero-order valence-electron chi connectivity index (χ0n) is 10.3. The number of carbonyl (C=O) groups is 3. The first kappa shape index (κ1) is 13.9. The highest BCUT2D eigenvalue weighted by Gasteiger charge is 2.24. The van der Waals surface area contributed by atoms with Crippen molar-refractivity contribution in [3.63, 3.8) is 0 Å². The molecule has 0 saturated carbocycles. The number of nitrogens with one attached hydrogen (secondary N) is 1. The fraction of sp³-hybridized carbons (Fsp3) is 0.308. The van der Waals surface area contributed by atoms with Gasteiger partial charge in [-0.2, -0.15) is 0 Å². The van der Waals surface area contributed by atoms with Crippen LogP contribution in [0.5, 0.6) is 0 Å². The Morgan fingerprint density at radius 2 is 2.00 bits per heavy atom. The van der Waals surface area contributed by atoms with E-state index in [1.165, 1.54) is 13.0 Å². The lowest BCUT2D eigenvalue weighted by Gasteiger charge is -2.11. The van der Waals surface area contributed by atoms with Gasteiger partial charge in [0.2, 0.25) is 5.91 Å². The quantitative estimate of drug-likeness (QED) is 0.617. The SMILES string of the molecule is CCC(C(=O)O)C(=O)Nc1cccc(C(C)=O)c1. The molecule has 0 saturated heterocycles. The zero-order chi connectivity index (χ0) is 13.7. The van der Waals surface area contributed by atoms with Gasteiger partial charge in [-0.25, -0.2) is 0 Å². The second-order valence-electron chi connectivity index (χ2n) is 3.93. The molecule has 5 nitrogen and oxygen atoms in total. The molecule has 0 radical (unpaired) electrons. The van der Waals surface area contributed by atoms with Crippen LogP contribution in [0.4, 0.5) is 5.69 Å². The normalized spacial score (nSPS) is 11.7. The highest BCUT2D eigenvalue weighted by atomic mass is 16.4. The molecule has 2 N–H and O–H groups in total. The van der Waals surface area contributed by atoms with Crippen LogP contribution in [-0.4, -0.2) is 22.8 Å². The molecule has 96 valence electrons. The van der Waals surface area contributed by atoms with E-state index in [2.05, 4.69) is 5.32 Å². The van der Waals surface area contributed by atoms with E-state index in [4.69, 9.17) is 5.11 Å². The topological polar surface area (TPSA) is 83.5 Å². The molecule has 0 aliphatic heterocycles. The number of rotatable bonds is 5. The summed E-state index contributed by atoms with van der Waals surface area (Å²) in [5.74, 6) is -2.93. The Kier molecular flexibility index (Phi) is 4.59. The van der Waals surface area contributed by atoms with Crippen molar-refractivity contribution >= 4 is 23.3 Å². The average Bonchev–Trinajstić information content (AvgIpc) is 2.29. The van der Waals surface area contributed by atoms with Gasteiger partial charge in [0, 0.05) is 11.3 Å². The van der Waals surface area contributed by atoms with Gasteiger partial charge in [0.05, 0.1) is 0 Å². The molecule has 0 aromatic heterocycles. The van der Waals surface area contributed by atoms with Crippen LogP contribution in [-0.2, 0) is 9.59 Å². The van der Waals surface area contributed by atoms with Crippen molar-refractivity contribution in [2.24, 2.45) is 5.92 Å². The molecule has 1 aromatic carbocycles. The van der Waals surface area contributed by atoms with Gasteiger partial charge < -0.3 is 10.4 Å². The summed E-state index contributed by atoms with van der Waals surface area (Å²) >= 11 is 0. The molecule has 0 fully saturated rings. The summed E-state index contributed by atoms with van der Waals surface area (Å²) in [6.45, 7) is 3.05. The van der Waals surface area contributed by atoms with Crippen LogP contribution < -0.4 is 5.32 Å². The van der Waals surface area contributed by atoms with Crippen LogP contribution in [0.25, 0.3) is 0 Å². The Morgan fingerprint density at radius 1 is 1.33 bits per heavy atom. The maximum Gasteiger partial charge on any atom is 0.316 e. The molecule has 0 aliphatic rings. The minimum atomic E-state index is -1.15. The maximum atomic E-state index is 11.7. The number of carboxylic acids is 1. The summed E-state index contributed by atoms with van der Waals surface area (Å²) in [6.07, 6.45) is 0.216. The Hall–Kier alpha value is -2.17. The molecule has 0 spiro atoms. The van der Waals surface area contributed by atoms with E-state index in [9.17, 15) is 14.4 Å². The first-order valence-corrected chi connectivity index (χ1v) is 5.60. The molecule has 1 rings (SSSR count). The van der Waals surface area contributed by atoms with Crippen LogP contribution in [0.3, 0.4) is 0 Å². The summed E-state index contributed by atoms with van der Waals surface area (Å²) in [4.78, 5) is 33.7. The van der Waals surface area contributed by atoms with Crippen molar-refractivity contribution in [3.05, 3.63) is 29.8 Å². The molecule has 1 unspecified atom stereocenters. The van der Waals surface area contributed by atoms with E-state index in [-0.39, 0.29) is 12.2 Å². The number of carbonyl (C=O) groups excluding carboxylic acids is 2. The Bertz CT molecular complexity index is 482. The number of ketones is 1. The van der Waals surface area contributed by atoms with Gasteiger partial charge >= 0.3 is 5.97 Å². The fourth-order valence-electron chi connectivity index (χ4n) is 1.52. The molecule has 1 amide bonds. The number of carboxylic acid groups (broad SMARTS) is 1. The molecule has 1 atom stereocenters. The van der Waals surface area contributed by atoms with Crippen molar-refractivity contribution in [1.82, 2.24) is 0 Å². The Morgan fingerprint density at radius 3 is 2.50 bits per heavy atom. The van der Waals surface area contributed by atoms with Crippen LogP contribution in [0.2, 0.25) is 0 Å². The number of hydrogen-bond donors (Lipinski definition) is 2. The largest absolute Gasteiger partial charge is 0.481 e. The van der Waals surface area contributed by atoms with E-state index < -0.39 is 17.8 Å². The molecule has 5 heteroatoms. The van der Waals surface area contributed by atoms with Gasteiger partial charge in [-0.3, -0.25) is 14.4 Å². The van der Waals surface area contributed by atoms with Gasteiger partial charge in [-0.05, 0) is 25.5 Å². The fourth-order valence-corrected chi connectivity index (χ4v) is 1.52. The number of aliphatic carboxylic acids is 1. The highest BCUT2D eigenvalue weighted by molar-refractivity contribution is 6.04. The summed E-state index contributed by atoms with van der Waals surface area (Å²) in [5.41, 5.74) is 0.892. The predicted molar refractivity (Wildman–Crippen MR) is 66.5 cm³/mol. The number of hydrogen-bond acceptors (Lipinski definition) is 3. The second kappa shape index (κ2) is 5.95. The summed E-state index contributed by atoms with van der Waals surface area (Å²) in [5, 5.41) is 11.3.